The summed E-state index contributed by atoms with van der Waals surface area (Å²) in [6, 6.07) is 18.9. The molecule has 3 rings (SSSR count). The summed E-state index contributed by atoms with van der Waals surface area (Å²) in [7, 11) is 0. The van der Waals surface area contributed by atoms with E-state index in [1.165, 1.54) is 5.56 Å². The van der Waals surface area contributed by atoms with Crippen LogP contribution in [0.1, 0.15) is 18.5 Å². The second kappa shape index (κ2) is 5.57. The summed E-state index contributed by atoms with van der Waals surface area (Å²) in [5, 5.41) is 11.2. The SMILES string of the molecule is CC(Nc1cccc(-n2cnnc2)c1)c1ccccc1. The van der Waals surface area contributed by atoms with E-state index >= 15 is 0 Å². The van der Waals surface area contributed by atoms with Gasteiger partial charge in [-0.25, -0.2) is 0 Å². The molecule has 3 aromatic rings. The molecule has 1 heterocycles. The van der Waals surface area contributed by atoms with Gasteiger partial charge in [-0.3, -0.25) is 4.57 Å². The Morgan fingerprint density at radius 2 is 1.70 bits per heavy atom. The predicted molar refractivity (Wildman–Crippen MR) is 79.8 cm³/mol. The van der Waals surface area contributed by atoms with Gasteiger partial charge in [0.15, 0.2) is 0 Å². The maximum atomic E-state index is 3.83. The van der Waals surface area contributed by atoms with Gasteiger partial charge in [0, 0.05) is 11.7 Å². The number of anilines is 1. The number of rotatable bonds is 4. The molecule has 0 saturated heterocycles. The second-order valence-electron chi connectivity index (χ2n) is 4.70. The van der Waals surface area contributed by atoms with Crippen molar-refractivity contribution in [2.45, 2.75) is 13.0 Å². The summed E-state index contributed by atoms with van der Waals surface area (Å²) in [5.41, 5.74) is 3.38. The van der Waals surface area contributed by atoms with Crippen LogP contribution in [0.25, 0.3) is 5.69 Å². The lowest BCUT2D eigenvalue weighted by atomic mass is 10.1. The van der Waals surface area contributed by atoms with Crippen molar-refractivity contribution in [3.05, 3.63) is 72.8 Å². The van der Waals surface area contributed by atoms with Crippen LogP contribution >= 0.6 is 0 Å². The number of benzene rings is 2. The number of hydrogen-bond donors (Lipinski definition) is 1. The summed E-state index contributed by atoms with van der Waals surface area (Å²) in [5.74, 6) is 0. The molecule has 0 radical (unpaired) electrons. The van der Waals surface area contributed by atoms with E-state index < -0.39 is 0 Å². The van der Waals surface area contributed by atoms with Gasteiger partial charge in [0.25, 0.3) is 0 Å². The first-order chi connectivity index (χ1) is 9.83. The Hall–Kier alpha value is -2.62. The molecule has 1 aromatic heterocycles. The molecule has 0 spiro atoms. The monoisotopic (exact) mass is 264 g/mol. The smallest absolute Gasteiger partial charge is 0.123 e. The van der Waals surface area contributed by atoms with Crippen molar-refractivity contribution < 1.29 is 0 Å². The first-order valence-electron chi connectivity index (χ1n) is 6.59. The van der Waals surface area contributed by atoms with Gasteiger partial charge >= 0.3 is 0 Å². The molecule has 1 N–H and O–H groups in total. The van der Waals surface area contributed by atoms with E-state index in [0.29, 0.717) is 0 Å². The zero-order chi connectivity index (χ0) is 13.8. The fraction of sp³-hybridized carbons (Fsp3) is 0.125. The van der Waals surface area contributed by atoms with E-state index in [2.05, 4.69) is 58.8 Å². The van der Waals surface area contributed by atoms with E-state index in [1.54, 1.807) is 12.7 Å². The van der Waals surface area contributed by atoms with Crippen LogP contribution in [-0.4, -0.2) is 14.8 Å². The third kappa shape index (κ3) is 2.69. The molecule has 0 saturated carbocycles. The fourth-order valence-corrected chi connectivity index (χ4v) is 2.17. The Labute approximate surface area is 118 Å². The zero-order valence-electron chi connectivity index (χ0n) is 11.3. The van der Waals surface area contributed by atoms with E-state index in [9.17, 15) is 0 Å². The molecule has 1 atom stereocenters. The van der Waals surface area contributed by atoms with Gasteiger partial charge in [-0.15, -0.1) is 10.2 Å². The Bertz CT molecular complexity index is 662. The molecule has 20 heavy (non-hydrogen) atoms. The van der Waals surface area contributed by atoms with E-state index in [4.69, 9.17) is 0 Å². The highest BCUT2D eigenvalue weighted by Crippen LogP contribution is 2.20. The van der Waals surface area contributed by atoms with E-state index in [-0.39, 0.29) is 6.04 Å². The quantitative estimate of drug-likeness (QED) is 0.785. The van der Waals surface area contributed by atoms with Crippen molar-refractivity contribution in [1.29, 1.82) is 0 Å². The molecule has 100 valence electrons. The molecule has 0 aliphatic carbocycles. The predicted octanol–water partition coefficient (Wildman–Crippen LogP) is 3.44. The van der Waals surface area contributed by atoms with Gasteiger partial charge in [-0.1, -0.05) is 36.4 Å². The topological polar surface area (TPSA) is 42.7 Å². The van der Waals surface area contributed by atoms with Gasteiger partial charge in [-0.2, -0.15) is 0 Å². The van der Waals surface area contributed by atoms with Gasteiger partial charge in [-0.05, 0) is 30.7 Å². The lowest BCUT2D eigenvalue weighted by Gasteiger charge is -2.16. The van der Waals surface area contributed by atoms with Gasteiger partial charge in [0.1, 0.15) is 12.7 Å². The Balaban J connectivity index is 1.80. The molecule has 2 aromatic carbocycles. The number of aromatic nitrogens is 3. The number of nitrogens with one attached hydrogen (secondary N) is 1. The molecule has 0 bridgehead atoms. The lowest BCUT2D eigenvalue weighted by molar-refractivity contribution is 0.884. The summed E-state index contributed by atoms with van der Waals surface area (Å²) >= 11 is 0. The lowest BCUT2D eigenvalue weighted by Crippen LogP contribution is -2.06. The van der Waals surface area contributed by atoms with Crippen molar-refractivity contribution in [3.63, 3.8) is 0 Å². The minimum Gasteiger partial charge on any atom is -0.378 e. The molecule has 4 heteroatoms. The third-order valence-corrected chi connectivity index (χ3v) is 3.25. The van der Waals surface area contributed by atoms with Crippen molar-refractivity contribution in [1.82, 2.24) is 14.8 Å². The summed E-state index contributed by atoms with van der Waals surface area (Å²) < 4.78 is 1.89. The van der Waals surface area contributed by atoms with Crippen LogP contribution < -0.4 is 5.32 Å². The first-order valence-corrected chi connectivity index (χ1v) is 6.59. The molecule has 0 aliphatic heterocycles. The van der Waals surface area contributed by atoms with Gasteiger partial charge < -0.3 is 5.32 Å². The minimum absolute atomic E-state index is 0.257. The summed E-state index contributed by atoms with van der Waals surface area (Å²) in [6.45, 7) is 2.15. The van der Waals surface area contributed by atoms with Crippen LogP contribution in [-0.2, 0) is 0 Å². The first kappa shape index (κ1) is 12.4. The van der Waals surface area contributed by atoms with E-state index in [1.807, 2.05) is 22.8 Å². The molecule has 4 nitrogen and oxygen atoms in total. The Kier molecular flexibility index (Phi) is 3.46. The molecule has 0 aliphatic rings. The highest BCUT2D eigenvalue weighted by atomic mass is 15.2. The van der Waals surface area contributed by atoms with Crippen LogP contribution in [0.3, 0.4) is 0 Å². The second-order valence-corrected chi connectivity index (χ2v) is 4.70. The van der Waals surface area contributed by atoms with Crippen LogP contribution in [0.4, 0.5) is 5.69 Å². The number of nitrogens with zero attached hydrogens (tertiary/aromatic N) is 3. The maximum Gasteiger partial charge on any atom is 0.123 e. The van der Waals surface area contributed by atoms with Crippen LogP contribution in [0, 0.1) is 0 Å². The van der Waals surface area contributed by atoms with E-state index in [0.717, 1.165) is 11.4 Å². The van der Waals surface area contributed by atoms with Gasteiger partial charge in [0.2, 0.25) is 0 Å². The van der Waals surface area contributed by atoms with Crippen molar-refractivity contribution in [2.24, 2.45) is 0 Å². The molecule has 0 fully saturated rings. The minimum atomic E-state index is 0.257. The molecule has 1 unspecified atom stereocenters. The average molecular weight is 264 g/mol. The Morgan fingerprint density at radius 3 is 2.45 bits per heavy atom. The van der Waals surface area contributed by atoms with Crippen LogP contribution in [0.2, 0.25) is 0 Å². The van der Waals surface area contributed by atoms with Crippen molar-refractivity contribution in [3.8, 4) is 5.69 Å². The Morgan fingerprint density at radius 1 is 0.950 bits per heavy atom. The largest absolute Gasteiger partial charge is 0.378 e. The summed E-state index contributed by atoms with van der Waals surface area (Å²) in [4.78, 5) is 0. The highest BCUT2D eigenvalue weighted by Gasteiger charge is 2.05. The standard InChI is InChI=1S/C16H16N4/c1-13(14-6-3-2-4-7-14)19-15-8-5-9-16(10-15)20-11-17-18-12-20/h2-13,19H,1H3. The third-order valence-electron chi connectivity index (χ3n) is 3.25. The molecular weight excluding hydrogens is 248 g/mol. The zero-order valence-corrected chi connectivity index (χ0v) is 11.3. The molecular formula is C16H16N4. The normalized spacial score (nSPS) is 12.1. The highest BCUT2D eigenvalue weighted by molar-refractivity contribution is 5.52. The average Bonchev–Trinajstić information content (AvgIpc) is 3.03. The fourth-order valence-electron chi connectivity index (χ4n) is 2.17. The maximum absolute atomic E-state index is 3.83. The van der Waals surface area contributed by atoms with Crippen LogP contribution in [0.5, 0.6) is 0 Å². The number of hydrogen-bond acceptors (Lipinski definition) is 3. The summed E-state index contributed by atoms with van der Waals surface area (Å²) in [6.07, 6.45) is 3.39. The molecule has 0 amide bonds. The van der Waals surface area contributed by atoms with Crippen molar-refractivity contribution in [2.75, 3.05) is 5.32 Å². The van der Waals surface area contributed by atoms with Gasteiger partial charge in [0.05, 0.1) is 5.69 Å². The van der Waals surface area contributed by atoms with Crippen LogP contribution in [0.15, 0.2) is 67.3 Å². The van der Waals surface area contributed by atoms with Crippen molar-refractivity contribution >= 4 is 5.69 Å².